The molecule has 0 radical (unpaired) electrons. The van der Waals surface area contributed by atoms with E-state index in [9.17, 15) is 10.1 Å². The number of nitro groups is 1. The summed E-state index contributed by atoms with van der Waals surface area (Å²) in [6.45, 7) is 0.897. The van der Waals surface area contributed by atoms with Crippen LogP contribution in [0, 0.1) is 13.7 Å². The van der Waals surface area contributed by atoms with Gasteiger partial charge in [0.1, 0.15) is 0 Å². The fourth-order valence-corrected chi connectivity index (χ4v) is 2.32. The molecular formula is C10H13IN2O2S. The quantitative estimate of drug-likeness (QED) is 0.369. The Morgan fingerprint density at radius 1 is 1.56 bits per heavy atom. The van der Waals surface area contributed by atoms with Crippen LogP contribution in [0.15, 0.2) is 18.2 Å². The minimum atomic E-state index is -0.375. The van der Waals surface area contributed by atoms with Crippen molar-refractivity contribution in [3.8, 4) is 0 Å². The summed E-state index contributed by atoms with van der Waals surface area (Å²) >= 11 is 3.92. The number of hydrogen-bond donors (Lipinski definition) is 1. The Morgan fingerprint density at radius 2 is 2.31 bits per heavy atom. The minimum Gasteiger partial charge on any atom is -0.384 e. The maximum absolute atomic E-state index is 10.5. The Morgan fingerprint density at radius 3 is 2.88 bits per heavy atom. The molecule has 0 aromatic heterocycles. The maximum atomic E-state index is 10.5. The predicted octanol–water partition coefficient (Wildman–Crippen LogP) is 3.36. The molecule has 0 aliphatic carbocycles. The first-order chi connectivity index (χ1) is 7.65. The summed E-state index contributed by atoms with van der Waals surface area (Å²) in [6, 6.07) is 4.87. The molecule has 0 aliphatic rings. The Hall–Kier alpha value is -0.500. The second-order valence-electron chi connectivity index (χ2n) is 3.19. The lowest BCUT2D eigenvalue weighted by molar-refractivity contribution is -0.384. The zero-order valence-corrected chi connectivity index (χ0v) is 11.9. The lowest BCUT2D eigenvalue weighted by Gasteiger charge is -2.07. The molecule has 0 aliphatic heterocycles. The number of anilines is 1. The molecule has 4 nitrogen and oxygen atoms in total. The van der Waals surface area contributed by atoms with Crippen molar-refractivity contribution in [3.05, 3.63) is 31.9 Å². The molecule has 0 saturated heterocycles. The molecule has 0 bridgehead atoms. The number of nitro benzene ring substituents is 1. The number of nitrogens with one attached hydrogen (secondary N) is 1. The Bertz CT molecular complexity index is 374. The van der Waals surface area contributed by atoms with Gasteiger partial charge in [0, 0.05) is 27.9 Å². The van der Waals surface area contributed by atoms with Crippen LogP contribution < -0.4 is 5.32 Å². The van der Waals surface area contributed by atoms with Crippen LogP contribution in [-0.2, 0) is 0 Å². The van der Waals surface area contributed by atoms with Gasteiger partial charge in [-0.15, -0.1) is 0 Å². The van der Waals surface area contributed by atoms with Gasteiger partial charge in [0.25, 0.3) is 5.69 Å². The first kappa shape index (κ1) is 13.6. The van der Waals surface area contributed by atoms with Gasteiger partial charge in [0.05, 0.1) is 4.92 Å². The standard InChI is InChI=1S/C10H13IN2O2S/c1-16-6-2-5-12-10-4-3-8(13(14)15)7-9(10)11/h3-4,7,12H,2,5-6H2,1H3. The maximum Gasteiger partial charge on any atom is 0.270 e. The summed E-state index contributed by atoms with van der Waals surface area (Å²) < 4.78 is 0.885. The number of non-ortho nitro benzene ring substituents is 1. The average Bonchev–Trinajstić information content (AvgIpc) is 2.26. The van der Waals surface area contributed by atoms with Gasteiger partial charge in [0.2, 0.25) is 0 Å². The highest BCUT2D eigenvalue weighted by molar-refractivity contribution is 14.1. The monoisotopic (exact) mass is 352 g/mol. The summed E-state index contributed by atoms with van der Waals surface area (Å²) in [4.78, 5) is 10.2. The highest BCUT2D eigenvalue weighted by Gasteiger charge is 2.08. The lowest BCUT2D eigenvalue weighted by Crippen LogP contribution is -2.04. The van der Waals surface area contributed by atoms with Crippen molar-refractivity contribution in [3.63, 3.8) is 0 Å². The normalized spacial score (nSPS) is 10.1. The van der Waals surface area contributed by atoms with Crippen LogP contribution in [0.1, 0.15) is 6.42 Å². The molecule has 0 amide bonds. The van der Waals surface area contributed by atoms with Crippen LogP contribution in [-0.4, -0.2) is 23.5 Å². The minimum absolute atomic E-state index is 0.138. The topological polar surface area (TPSA) is 55.2 Å². The number of nitrogens with zero attached hydrogens (tertiary/aromatic N) is 1. The van der Waals surface area contributed by atoms with Crippen molar-refractivity contribution in [2.75, 3.05) is 23.9 Å². The molecule has 0 fully saturated rings. The SMILES string of the molecule is CSCCCNc1ccc([N+](=O)[O-])cc1I. The van der Waals surface area contributed by atoms with Gasteiger partial charge in [-0.3, -0.25) is 10.1 Å². The van der Waals surface area contributed by atoms with E-state index in [1.165, 1.54) is 6.07 Å². The van der Waals surface area contributed by atoms with Crippen molar-refractivity contribution in [1.82, 2.24) is 0 Å². The summed E-state index contributed by atoms with van der Waals surface area (Å²) in [6.07, 6.45) is 3.17. The molecule has 1 rings (SSSR count). The van der Waals surface area contributed by atoms with Gasteiger partial charge in [-0.05, 0) is 47.1 Å². The zero-order valence-electron chi connectivity index (χ0n) is 8.90. The first-order valence-corrected chi connectivity index (χ1v) is 7.29. The van der Waals surface area contributed by atoms with Crippen LogP contribution in [0.25, 0.3) is 0 Å². The second kappa shape index (κ2) is 6.95. The van der Waals surface area contributed by atoms with Gasteiger partial charge in [-0.25, -0.2) is 0 Å². The number of hydrogen-bond acceptors (Lipinski definition) is 4. The largest absolute Gasteiger partial charge is 0.384 e. The Labute approximate surface area is 112 Å². The number of rotatable bonds is 6. The van der Waals surface area contributed by atoms with Gasteiger partial charge < -0.3 is 5.32 Å². The van der Waals surface area contributed by atoms with E-state index in [1.807, 2.05) is 11.8 Å². The molecule has 0 atom stereocenters. The van der Waals surface area contributed by atoms with E-state index in [-0.39, 0.29) is 10.6 Å². The van der Waals surface area contributed by atoms with Crippen molar-refractivity contribution in [1.29, 1.82) is 0 Å². The van der Waals surface area contributed by atoms with Crippen LogP contribution in [0.5, 0.6) is 0 Å². The molecular weight excluding hydrogens is 339 g/mol. The Kier molecular flexibility index (Phi) is 5.89. The summed E-state index contributed by atoms with van der Waals surface area (Å²) in [5, 5.41) is 13.8. The van der Waals surface area contributed by atoms with Gasteiger partial charge in [-0.2, -0.15) is 11.8 Å². The third-order valence-electron chi connectivity index (χ3n) is 2.00. The molecule has 0 spiro atoms. The predicted molar refractivity (Wildman–Crippen MR) is 77.3 cm³/mol. The lowest BCUT2D eigenvalue weighted by atomic mass is 10.3. The smallest absolute Gasteiger partial charge is 0.270 e. The first-order valence-electron chi connectivity index (χ1n) is 4.82. The van der Waals surface area contributed by atoms with E-state index in [1.54, 1.807) is 12.1 Å². The third-order valence-corrected chi connectivity index (χ3v) is 3.59. The van der Waals surface area contributed by atoms with E-state index in [0.717, 1.165) is 28.0 Å². The van der Waals surface area contributed by atoms with E-state index < -0.39 is 0 Å². The van der Waals surface area contributed by atoms with Crippen LogP contribution >= 0.6 is 34.4 Å². The number of benzene rings is 1. The fourth-order valence-electron chi connectivity index (χ4n) is 1.20. The molecule has 0 saturated carbocycles. The molecule has 88 valence electrons. The average molecular weight is 352 g/mol. The summed E-state index contributed by atoms with van der Waals surface area (Å²) in [7, 11) is 0. The summed E-state index contributed by atoms with van der Waals surface area (Å²) in [5.41, 5.74) is 1.10. The fraction of sp³-hybridized carbons (Fsp3) is 0.400. The van der Waals surface area contributed by atoms with Crippen LogP contribution in [0.3, 0.4) is 0 Å². The van der Waals surface area contributed by atoms with Crippen molar-refractivity contribution < 1.29 is 4.92 Å². The van der Waals surface area contributed by atoms with Crippen molar-refractivity contribution in [2.24, 2.45) is 0 Å². The molecule has 16 heavy (non-hydrogen) atoms. The number of halogens is 1. The van der Waals surface area contributed by atoms with Gasteiger partial charge >= 0.3 is 0 Å². The zero-order chi connectivity index (χ0) is 12.0. The molecule has 0 unspecified atom stereocenters. The second-order valence-corrected chi connectivity index (χ2v) is 5.34. The molecule has 1 aromatic carbocycles. The molecule has 1 aromatic rings. The van der Waals surface area contributed by atoms with Gasteiger partial charge in [0.15, 0.2) is 0 Å². The summed E-state index contributed by atoms with van der Waals surface area (Å²) in [5.74, 6) is 1.12. The van der Waals surface area contributed by atoms with E-state index >= 15 is 0 Å². The molecule has 1 N–H and O–H groups in total. The van der Waals surface area contributed by atoms with Crippen LogP contribution in [0.4, 0.5) is 11.4 Å². The van der Waals surface area contributed by atoms with Crippen LogP contribution in [0.2, 0.25) is 0 Å². The molecule has 6 heteroatoms. The van der Waals surface area contributed by atoms with Crippen molar-refractivity contribution >= 4 is 45.7 Å². The highest BCUT2D eigenvalue weighted by Crippen LogP contribution is 2.23. The van der Waals surface area contributed by atoms with E-state index in [2.05, 4.69) is 34.2 Å². The van der Waals surface area contributed by atoms with Gasteiger partial charge in [-0.1, -0.05) is 0 Å². The van der Waals surface area contributed by atoms with E-state index in [4.69, 9.17) is 0 Å². The highest BCUT2D eigenvalue weighted by atomic mass is 127. The molecule has 0 heterocycles. The number of thioether (sulfide) groups is 1. The Balaban J connectivity index is 2.57. The van der Waals surface area contributed by atoms with Crippen molar-refractivity contribution in [2.45, 2.75) is 6.42 Å². The third kappa shape index (κ3) is 4.17. The van der Waals surface area contributed by atoms with E-state index in [0.29, 0.717) is 0 Å².